The van der Waals surface area contributed by atoms with Crippen molar-refractivity contribution in [3.05, 3.63) is 53.8 Å². The van der Waals surface area contributed by atoms with Gasteiger partial charge in [0.2, 0.25) is 0 Å². The lowest BCUT2D eigenvalue weighted by molar-refractivity contribution is -0.155. The summed E-state index contributed by atoms with van der Waals surface area (Å²) in [6.07, 6.45) is -1.33. The number of anilines is 1. The number of hydrogen-bond acceptors (Lipinski definition) is 5. The van der Waals surface area contributed by atoms with Crippen LogP contribution in [0.25, 0.3) is 0 Å². The molecule has 6 nitrogen and oxygen atoms in total. The zero-order valence-corrected chi connectivity index (χ0v) is 15.1. The second-order valence-electron chi connectivity index (χ2n) is 5.51. The van der Waals surface area contributed by atoms with Crippen molar-refractivity contribution in [3.8, 4) is 11.5 Å². The Bertz CT molecular complexity index is 859. The van der Waals surface area contributed by atoms with Gasteiger partial charge >= 0.3 is 5.97 Å². The molecule has 0 heterocycles. The minimum absolute atomic E-state index is 0.322. The number of para-hydroxylation sites is 2. The molecule has 0 aliphatic carbocycles. The van der Waals surface area contributed by atoms with Gasteiger partial charge in [-0.05, 0) is 38.1 Å². The topological polar surface area (TPSA) is 73.9 Å². The number of ether oxygens (including phenoxy) is 3. The third-order valence-electron chi connectivity index (χ3n) is 3.47. The summed E-state index contributed by atoms with van der Waals surface area (Å²) in [5, 5.41) is 2.02. The molecule has 1 amide bonds. The van der Waals surface area contributed by atoms with Crippen molar-refractivity contribution in [3.63, 3.8) is 0 Å². The quantitative estimate of drug-likeness (QED) is 0.546. The molecule has 1 N–H and O–H groups in total. The molecular weight excluding hydrogens is 379 g/mol. The summed E-state index contributed by atoms with van der Waals surface area (Å²) < 4.78 is 55.2. The van der Waals surface area contributed by atoms with Crippen molar-refractivity contribution in [2.24, 2.45) is 0 Å². The number of rotatable bonds is 8. The van der Waals surface area contributed by atoms with Gasteiger partial charge in [0.05, 0.1) is 12.3 Å². The third kappa shape index (κ3) is 5.38. The number of carbonyl (C=O) groups is 2. The standard InChI is InChI=1S/C19H18F3NO5/c1-3-26-14-6-4-5-7-15(14)27-10-16(24)28-11(2)19(25)23-13-9-8-12(20)17(21)18(13)22/h4-9,11H,3,10H2,1-2H3,(H,23,25)/t11-/m1/s1. The Hall–Kier alpha value is -3.23. The molecule has 0 saturated carbocycles. The molecule has 0 saturated heterocycles. The molecule has 0 aliphatic heterocycles. The van der Waals surface area contributed by atoms with Crippen LogP contribution in [-0.2, 0) is 14.3 Å². The zero-order chi connectivity index (χ0) is 20.7. The molecular formula is C19H18F3NO5. The maximum atomic E-state index is 13.6. The molecule has 2 rings (SSSR count). The van der Waals surface area contributed by atoms with E-state index in [4.69, 9.17) is 14.2 Å². The number of amides is 1. The number of benzene rings is 2. The van der Waals surface area contributed by atoms with Crippen LogP contribution in [0.5, 0.6) is 11.5 Å². The van der Waals surface area contributed by atoms with Crippen molar-refractivity contribution in [1.82, 2.24) is 0 Å². The Morgan fingerprint density at radius 3 is 2.29 bits per heavy atom. The van der Waals surface area contributed by atoms with Gasteiger partial charge in [-0.15, -0.1) is 0 Å². The summed E-state index contributed by atoms with van der Waals surface area (Å²) >= 11 is 0. The van der Waals surface area contributed by atoms with E-state index < -0.39 is 47.7 Å². The first-order chi connectivity index (χ1) is 13.3. The van der Waals surface area contributed by atoms with E-state index in [9.17, 15) is 22.8 Å². The first kappa shape index (κ1) is 21.1. The van der Waals surface area contributed by atoms with Crippen LogP contribution in [0.4, 0.5) is 18.9 Å². The fraction of sp³-hybridized carbons (Fsp3) is 0.263. The summed E-state index contributed by atoms with van der Waals surface area (Å²) in [5.74, 6) is -5.68. The van der Waals surface area contributed by atoms with Crippen LogP contribution in [0.2, 0.25) is 0 Å². The SMILES string of the molecule is CCOc1ccccc1OCC(=O)O[C@H](C)C(=O)Nc1ccc(F)c(F)c1F. The van der Waals surface area contributed by atoms with Gasteiger partial charge in [0.15, 0.2) is 41.7 Å². The molecule has 1 atom stereocenters. The highest BCUT2D eigenvalue weighted by Crippen LogP contribution is 2.26. The summed E-state index contributed by atoms with van der Waals surface area (Å²) in [6.45, 7) is 2.93. The van der Waals surface area contributed by atoms with Crippen molar-refractivity contribution < 1.29 is 37.0 Å². The fourth-order valence-electron chi connectivity index (χ4n) is 2.12. The number of esters is 1. The third-order valence-corrected chi connectivity index (χ3v) is 3.47. The fourth-order valence-corrected chi connectivity index (χ4v) is 2.12. The van der Waals surface area contributed by atoms with Crippen molar-refractivity contribution in [2.45, 2.75) is 20.0 Å². The average molecular weight is 397 g/mol. The number of nitrogens with one attached hydrogen (secondary N) is 1. The Balaban J connectivity index is 1.90. The highest BCUT2D eigenvalue weighted by molar-refractivity contribution is 5.95. The number of carbonyl (C=O) groups excluding carboxylic acids is 2. The van der Waals surface area contributed by atoms with E-state index >= 15 is 0 Å². The van der Waals surface area contributed by atoms with Crippen LogP contribution in [-0.4, -0.2) is 31.2 Å². The van der Waals surface area contributed by atoms with Gasteiger partial charge in [-0.1, -0.05) is 12.1 Å². The molecule has 0 spiro atoms. The lowest BCUT2D eigenvalue weighted by Crippen LogP contribution is -2.32. The van der Waals surface area contributed by atoms with E-state index in [1.165, 1.54) is 6.92 Å². The van der Waals surface area contributed by atoms with Crippen LogP contribution in [0, 0.1) is 17.5 Å². The molecule has 0 aliphatic rings. The molecule has 0 unspecified atom stereocenters. The predicted molar refractivity (Wildman–Crippen MR) is 93.6 cm³/mol. The summed E-state index contributed by atoms with van der Waals surface area (Å²) in [5.41, 5.74) is -0.575. The zero-order valence-electron chi connectivity index (χ0n) is 15.1. The van der Waals surface area contributed by atoms with Crippen LogP contribution >= 0.6 is 0 Å². The predicted octanol–water partition coefficient (Wildman–Crippen LogP) is 3.45. The van der Waals surface area contributed by atoms with E-state index in [1.807, 2.05) is 5.32 Å². The largest absolute Gasteiger partial charge is 0.490 e. The van der Waals surface area contributed by atoms with Crippen LogP contribution in [0.15, 0.2) is 36.4 Å². The van der Waals surface area contributed by atoms with Crippen molar-refractivity contribution in [2.75, 3.05) is 18.5 Å². The summed E-state index contributed by atoms with van der Waals surface area (Å²) in [7, 11) is 0. The molecule has 2 aromatic rings. The summed E-state index contributed by atoms with van der Waals surface area (Å²) in [4.78, 5) is 23.8. The van der Waals surface area contributed by atoms with E-state index in [0.29, 0.717) is 24.2 Å². The Morgan fingerprint density at radius 2 is 1.64 bits per heavy atom. The van der Waals surface area contributed by atoms with E-state index in [-0.39, 0.29) is 0 Å². The lowest BCUT2D eigenvalue weighted by Gasteiger charge is -2.15. The Morgan fingerprint density at radius 1 is 1.00 bits per heavy atom. The molecule has 28 heavy (non-hydrogen) atoms. The van der Waals surface area contributed by atoms with Gasteiger partial charge in [-0.2, -0.15) is 0 Å². The highest BCUT2D eigenvalue weighted by Gasteiger charge is 2.21. The Labute approximate surface area is 159 Å². The second-order valence-corrected chi connectivity index (χ2v) is 5.51. The minimum Gasteiger partial charge on any atom is -0.490 e. The van der Waals surface area contributed by atoms with Gasteiger partial charge in [-0.3, -0.25) is 4.79 Å². The average Bonchev–Trinajstić information content (AvgIpc) is 2.68. The van der Waals surface area contributed by atoms with Crippen molar-refractivity contribution in [1.29, 1.82) is 0 Å². The molecule has 2 aromatic carbocycles. The monoisotopic (exact) mass is 397 g/mol. The van der Waals surface area contributed by atoms with Gasteiger partial charge in [0, 0.05) is 0 Å². The molecule has 0 radical (unpaired) electrons. The van der Waals surface area contributed by atoms with E-state index in [1.54, 1.807) is 31.2 Å². The van der Waals surface area contributed by atoms with Crippen molar-refractivity contribution >= 4 is 17.6 Å². The number of hydrogen-bond donors (Lipinski definition) is 1. The van der Waals surface area contributed by atoms with Crippen LogP contribution in [0.3, 0.4) is 0 Å². The molecule has 0 bridgehead atoms. The molecule has 150 valence electrons. The normalized spacial score (nSPS) is 11.5. The highest BCUT2D eigenvalue weighted by atomic mass is 19.2. The summed E-state index contributed by atoms with van der Waals surface area (Å²) in [6, 6.07) is 8.20. The molecule has 9 heteroatoms. The minimum atomic E-state index is -1.72. The second kappa shape index (κ2) is 9.63. The van der Waals surface area contributed by atoms with Crippen LogP contribution < -0.4 is 14.8 Å². The van der Waals surface area contributed by atoms with Crippen LogP contribution in [0.1, 0.15) is 13.8 Å². The van der Waals surface area contributed by atoms with E-state index in [0.717, 1.165) is 6.07 Å². The Kier molecular flexibility index (Phi) is 7.25. The van der Waals surface area contributed by atoms with E-state index in [2.05, 4.69) is 0 Å². The van der Waals surface area contributed by atoms with Gasteiger partial charge < -0.3 is 19.5 Å². The van der Waals surface area contributed by atoms with Gasteiger partial charge in [-0.25, -0.2) is 18.0 Å². The molecule has 0 aromatic heterocycles. The number of halogens is 3. The first-order valence-electron chi connectivity index (χ1n) is 8.32. The lowest BCUT2D eigenvalue weighted by atomic mass is 10.2. The maximum Gasteiger partial charge on any atom is 0.344 e. The first-order valence-corrected chi connectivity index (χ1v) is 8.32. The maximum absolute atomic E-state index is 13.6. The van der Waals surface area contributed by atoms with Gasteiger partial charge in [0.1, 0.15) is 0 Å². The smallest absolute Gasteiger partial charge is 0.344 e. The molecule has 0 fully saturated rings. The van der Waals surface area contributed by atoms with Gasteiger partial charge in [0.25, 0.3) is 5.91 Å².